The number of rotatable bonds is 2. The van der Waals surface area contributed by atoms with E-state index < -0.39 is 6.10 Å². The molecular formula is C17H16O4. The summed E-state index contributed by atoms with van der Waals surface area (Å²) in [7, 11) is 0. The molecule has 1 aromatic carbocycles. The lowest BCUT2D eigenvalue weighted by Crippen LogP contribution is -2.32. The van der Waals surface area contributed by atoms with Gasteiger partial charge in [0.15, 0.2) is 11.6 Å². The van der Waals surface area contributed by atoms with Crippen molar-refractivity contribution in [2.75, 3.05) is 0 Å². The first kappa shape index (κ1) is 13.6. The quantitative estimate of drug-likeness (QED) is 0.906. The van der Waals surface area contributed by atoms with Crippen molar-refractivity contribution in [2.24, 2.45) is 0 Å². The normalized spacial score (nSPS) is 20.7. The van der Waals surface area contributed by atoms with E-state index in [1.807, 2.05) is 6.92 Å². The molecule has 1 aliphatic heterocycles. The van der Waals surface area contributed by atoms with Crippen molar-refractivity contribution in [1.82, 2.24) is 0 Å². The van der Waals surface area contributed by atoms with E-state index in [1.165, 1.54) is 6.07 Å². The maximum atomic E-state index is 12.7. The zero-order chi connectivity index (χ0) is 15.1. The molecule has 1 aliphatic carbocycles. The van der Waals surface area contributed by atoms with Crippen LogP contribution in [0.5, 0.6) is 5.75 Å². The van der Waals surface area contributed by atoms with Crippen LogP contribution in [0.3, 0.4) is 0 Å². The lowest BCUT2D eigenvalue weighted by Gasteiger charge is -2.30. The number of allylic oxidation sites excluding steroid dienone is 3. The molecule has 1 aromatic rings. The minimum Gasteiger partial charge on any atom is -0.507 e. The largest absolute Gasteiger partial charge is 0.507 e. The Hall–Kier alpha value is -2.36. The van der Waals surface area contributed by atoms with Crippen LogP contribution >= 0.6 is 0 Å². The van der Waals surface area contributed by atoms with Gasteiger partial charge in [0.2, 0.25) is 0 Å². The van der Waals surface area contributed by atoms with E-state index in [-0.39, 0.29) is 28.4 Å². The van der Waals surface area contributed by atoms with E-state index in [1.54, 1.807) is 25.1 Å². The van der Waals surface area contributed by atoms with Gasteiger partial charge in [-0.3, -0.25) is 9.59 Å². The number of phenols is 1. The second-order valence-electron chi connectivity index (χ2n) is 5.34. The van der Waals surface area contributed by atoms with Gasteiger partial charge in [-0.05, 0) is 25.5 Å². The standard InChI is InChI=1S/C17H16O4/c1-3-5-13-15-11(8-9(2)21-13)16(19)10-6-4-7-12(18)14(10)17(15)20/h4,6-8,13,18H,3,5H2,1-2H3. The Labute approximate surface area is 122 Å². The molecule has 1 heterocycles. The zero-order valence-corrected chi connectivity index (χ0v) is 12.0. The van der Waals surface area contributed by atoms with E-state index in [2.05, 4.69) is 0 Å². The summed E-state index contributed by atoms with van der Waals surface area (Å²) in [6.45, 7) is 3.78. The van der Waals surface area contributed by atoms with E-state index in [4.69, 9.17) is 4.74 Å². The molecule has 0 amide bonds. The molecule has 0 saturated heterocycles. The molecule has 0 bridgehead atoms. The molecular weight excluding hydrogens is 268 g/mol. The first-order valence-corrected chi connectivity index (χ1v) is 7.05. The molecule has 1 atom stereocenters. The second kappa shape index (κ2) is 4.88. The summed E-state index contributed by atoms with van der Waals surface area (Å²) >= 11 is 0. The highest BCUT2D eigenvalue weighted by Gasteiger charge is 2.39. The predicted molar refractivity (Wildman–Crippen MR) is 77.3 cm³/mol. The third-order valence-electron chi connectivity index (χ3n) is 3.84. The van der Waals surface area contributed by atoms with Crippen LogP contribution in [0.25, 0.3) is 0 Å². The van der Waals surface area contributed by atoms with E-state index in [9.17, 15) is 14.7 Å². The number of Topliss-reactive ketones (excluding diaryl/α,β-unsaturated/α-hetero) is 2. The number of aromatic hydroxyl groups is 1. The molecule has 4 nitrogen and oxygen atoms in total. The molecule has 21 heavy (non-hydrogen) atoms. The van der Waals surface area contributed by atoms with Crippen LogP contribution < -0.4 is 0 Å². The Balaban J connectivity index is 2.22. The summed E-state index contributed by atoms with van der Waals surface area (Å²) < 4.78 is 5.72. The smallest absolute Gasteiger partial charge is 0.197 e. The molecule has 108 valence electrons. The molecule has 0 aromatic heterocycles. The van der Waals surface area contributed by atoms with Gasteiger partial charge in [-0.15, -0.1) is 0 Å². The van der Waals surface area contributed by atoms with Crippen molar-refractivity contribution in [3.05, 3.63) is 52.3 Å². The van der Waals surface area contributed by atoms with Crippen LogP contribution in [0.15, 0.2) is 41.2 Å². The number of ketones is 2. The number of phenolic OH excluding ortho intramolecular Hbond substituents is 1. The number of ether oxygens (including phenoxy) is 1. The molecule has 0 fully saturated rings. The molecule has 0 radical (unpaired) electrons. The SMILES string of the molecule is CCCC1OC(C)=CC2=C1C(=O)c1c(O)cccc1C2=O. The Kier molecular flexibility index (Phi) is 3.16. The topological polar surface area (TPSA) is 63.6 Å². The fourth-order valence-electron chi connectivity index (χ4n) is 2.94. The number of hydrogen-bond donors (Lipinski definition) is 1. The molecule has 1 unspecified atom stereocenters. The molecule has 1 N–H and O–H groups in total. The highest BCUT2D eigenvalue weighted by atomic mass is 16.5. The summed E-state index contributed by atoms with van der Waals surface area (Å²) in [4.78, 5) is 25.4. The van der Waals surface area contributed by atoms with Gasteiger partial charge in [-0.25, -0.2) is 0 Å². The van der Waals surface area contributed by atoms with Crippen molar-refractivity contribution in [2.45, 2.75) is 32.8 Å². The molecule has 2 aliphatic rings. The van der Waals surface area contributed by atoms with Gasteiger partial charge in [0.1, 0.15) is 11.9 Å². The van der Waals surface area contributed by atoms with Crippen molar-refractivity contribution < 1.29 is 19.4 Å². The van der Waals surface area contributed by atoms with Crippen molar-refractivity contribution in [3.8, 4) is 5.75 Å². The van der Waals surface area contributed by atoms with Gasteiger partial charge in [-0.1, -0.05) is 25.5 Å². The minimum atomic E-state index is -0.417. The molecule has 0 spiro atoms. The average molecular weight is 284 g/mol. The van der Waals surface area contributed by atoms with Crippen LogP contribution in [0.2, 0.25) is 0 Å². The third kappa shape index (κ3) is 1.98. The fourth-order valence-corrected chi connectivity index (χ4v) is 2.94. The summed E-state index contributed by atoms with van der Waals surface area (Å²) in [6.07, 6.45) is 2.70. The molecule has 3 rings (SSSR count). The van der Waals surface area contributed by atoms with E-state index in [0.717, 1.165) is 6.42 Å². The fraction of sp³-hybridized carbons (Fsp3) is 0.294. The number of benzene rings is 1. The summed E-state index contributed by atoms with van der Waals surface area (Å²) in [5.74, 6) is -0.0463. The Morgan fingerprint density at radius 3 is 2.71 bits per heavy atom. The van der Waals surface area contributed by atoms with Gasteiger partial charge >= 0.3 is 0 Å². The van der Waals surface area contributed by atoms with Crippen LogP contribution in [-0.4, -0.2) is 22.8 Å². The van der Waals surface area contributed by atoms with Crippen LogP contribution in [0, 0.1) is 0 Å². The Morgan fingerprint density at radius 2 is 2.00 bits per heavy atom. The van der Waals surface area contributed by atoms with Crippen molar-refractivity contribution in [1.29, 1.82) is 0 Å². The van der Waals surface area contributed by atoms with Crippen LogP contribution in [-0.2, 0) is 4.74 Å². The summed E-state index contributed by atoms with van der Waals surface area (Å²) in [5, 5.41) is 9.95. The van der Waals surface area contributed by atoms with E-state index in [0.29, 0.717) is 23.3 Å². The van der Waals surface area contributed by atoms with Crippen molar-refractivity contribution in [3.63, 3.8) is 0 Å². The predicted octanol–water partition coefficient (Wildman–Crippen LogP) is 3.17. The third-order valence-corrected chi connectivity index (χ3v) is 3.84. The maximum Gasteiger partial charge on any atom is 0.197 e. The lowest BCUT2D eigenvalue weighted by molar-refractivity contribution is 0.0869. The molecule has 4 heteroatoms. The molecule has 0 saturated carbocycles. The second-order valence-corrected chi connectivity index (χ2v) is 5.34. The average Bonchev–Trinajstić information content (AvgIpc) is 2.44. The maximum absolute atomic E-state index is 12.7. The number of fused-ring (bicyclic) bond motifs is 1. The monoisotopic (exact) mass is 284 g/mol. The summed E-state index contributed by atoms with van der Waals surface area (Å²) in [5.41, 5.74) is 1.14. The Bertz CT molecular complexity index is 710. The number of hydrogen-bond acceptors (Lipinski definition) is 4. The minimum absolute atomic E-state index is 0.0962. The van der Waals surface area contributed by atoms with Gasteiger partial charge in [0.05, 0.1) is 16.9 Å². The zero-order valence-electron chi connectivity index (χ0n) is 12.0. The summed E-state index contributed by atoms with van der Waals surface area (Å²) in [6, 6.07) is 4.58. The van der Waals surface area contributed by atoms with Gasteiger partial charge in [-0.2, -0.15) is 0 Å². The van der Waals surface area contributed by atoms with Crippen LogP contribution in [0.1, 0.15) is 47.4 Å². The first-order chi connectivity index (χ1) is 10.0. The van der Waals surface area contributed by atoms with Gasteiger partial charge < -0.3 is 9.84 Å². The van der Waals surface area contributed by atoms with E-state index >= 15 is 0 Å². The van der Waals surface area contributed by atoms with Crippen LogP contribution in [0.4, 0.5) is 0 Å². The lowest BCUT2D eigenvalue weighted by atomic mass is 9.79. The highest BCUT2D eigenvalue weighted by molar-refractivity contribution is 6.29. The Morgan fingerprint density at radius 1 is 1.24 bits per heavy atom. The highest BCUT2D eigenvalue weighted by Crippen LogP contribution is 2.38. The van der Waals surface area contributed by atoms with Gasteiger partial charge in [0, 0.05) is 11.1 Å². The number of carbonyl (C=O) groups is 2. The first-order valence-electron chi connectivity index (χ1n) is 7.05. The van der Waals surface area contributed by atoms with Crippen molar-refractivity contribution >= 4 is 11.6 Å². The van der Waals surface area contributed by atoms with Gasteiger partial charge in [0.25, 0.3) is 0 Å². The number of carbonyl (C=O) groups excluding carboxylic acids is 2.